The van der Waals surface area contributed by atoms with Gasteiger partial charge in [-0.15, -0.1) is 5.10 Å². The van der Waals surface area contributed by atoms with Gasteiger partial charge in [0.25, 0.3) is 0 Å². The minimum Gasteiger partial charge on any atom is -0.393 e. The van der Waals surface area contributed by atoms with Gasteiger partial charge in [-0.2, -0.15) is 5.10 Å². The topological polar surface area (TPSA) is 107 Å². The van der Waals surface area contributed by atoms with E-state index in [-0.39, 0.29) is 18.2 Å². The molecule has 1 saturated heterocycles. The van der Waals surface area contributed by atoms with Gasteiger partial charge < -0.3 is 15.2 Å². The summed E-state index contributed by atoms with van der Waals surface area (Å²) >= 11 is 0. The highest BCUT2D eigenvalue weighted by atomic mass is 32.2. The molecule has 3 aromatic heterocycles. The summed E-state index contributed by atoms with van der Waals surface area (Å²) in [6, 6.07) is 2.56. The van der Waals surface area contributed by atoms with Crippen LogP contribution in [0.2, 0.25) is 0 Å². The van der Waals surface area contributed by atoms with Gasteiger partial charge in [0.2, 0.25) is 5.95 Å². The smallest absolute Gasteiger partial charge is 0.241 e. The molecule has 0 radical (unpaired) electrons. The molecule has 0 bridgehead atoms. The third-order valence-electron chi connectivity index (χ3n) is 7.38. The van der Waals surface area contributed by atoms with E-state index in [0.717, 1.165) is 60.9 Å². The van der Waals surface area contributed by atoms with Gasteiger partial charge in [0.05, 0.1) is 36.7 Å². The zero-order chi connectivity index (χ0) is 24.6. The number of methoxy groups -OCH3 is 1. The Labute approximate surface area is 206 Å². The third kappa shape index (κ3) is 5.24. The highest BCUT2D eigenvalue weighted by Gasteiger charge is 2.27. The van der Waals surface area contributed by atoms with Crippen LogP contribution < -0.4 is 5.32 Å². The number of nitrogens with zero attached hydrogens (tertiary/aromatic N) is 5. The van der Waals surface area contributed by atoms with E-state index in [1.165, 1.54) is 0 Å². The van der Waals surface area contributed by atoms with Crippen LogP contribution in [0.3, 0.4) is 0 Å². The number of ether oxygens (including phenoxy) is 1. The van der Waals surface area contributed by atoms with Crippen LogP contribution in [0.15, 0.2) is 24.7 Å². The molecule has 9 nitrogen and oxygen atoms in total. The standard InChI is InChI=1S/C25H36N6O3S/c1-17(16-34-2)28-25-26-14-24-22(12-23(31(24)29-25)18-4-6-21(32)7-5-18)19-13-27-30(15-19)20-8-10-35(3,33)11-9-20/h12-15,17-18,20-21,32H,3-11,16H2,1-2H3,(H,28,29)/t17-,18?,20?,21?,35?/m0/s1. The van der Waals surface area contributed by atoms with Crippen LogP contribution in [0.25, 0.3) is 16.6 Å². The Balaban J connectivity index is 1.49. The lowest BCUT2D eigenvalue weighted by Crippen LogP contribution is -2.25. The fourth-order valence-electron chi connectivity index (χ4n) is 5.38. The van der Waals surface area contributed by atoms with E-state index in [9.17, 15) is 9.32 Å². The maximum Gasteiger partial charge on any atom is 0.241 e. The predicted molar refractivity (Wildman–Crippen MR) is 140 cm³/mol. The first-order chi connectivity index (χ1) is 16.8. The van der Waals surface area contributed by atoms with E-state index < -0.39 is 9.52 Å². The lowest BCUT2D eigenvalue weighted by Gasteiger charge is -2.25. The van der Waals surface area contributed by atoms with Crippen molar-refractivity contribution in [3.8, 4) is 11.1 Å². The van der Waals surface area contributed by atoms with E-state index in [4.69, 9.17) is 9.84 Å². The molecule has 2 N–H and O–H groups in total. The molecule has 0 spiro atoms. The molecule has 1 aliphatic carbocycles. The molecule has 190 valence electrons. The molecule has 3 aromatic rings. The Morgan fingerprint density at radius 1 is 1.23 bits per heavy atom. The van der Waals surface area contributed by atoms with Crippen LogP contribution in [0.5, 0.6) is 0 Å². The molecule has 2 fully saturated rings. The average molecular weight is 501 g/mol. The zero-order valence-electron chi connectivity index (χ0n) is 20.6. The number of rotatable bonds is 7. The van der Waals surface area contributed by atoms with Crippen molar-refractivity contribution in [3.63, 3.8) is 0 Å². The van der Waals surface area contributed by atoms with Gasteiger partial charge in [-0.25, -0.2) is 9.50 Å². The summed E-state index contributed by atoms with van der Waals surface area (Å²) in [6.07, 6.45) is 10.8. The van der Waals surface area contributed by atoms with Crippen molar-refractivity contribution < 1.29 is 14.1 Å². The molecule has 2 aliphatic rings. The highest BCUT2D eigenvalue weighted by molar-refractivity contribution is 8.00. The second kappa shape index (κ2) is 9.91. The van der Waals surface area contributed by atoms with Crippen LogP contribution >= 0.6 is 0 Å². The maximum absolute atomic E-state index is 12.3. The van der Waals surface area contributed by atoms with Crippen LogP contribution in [0.4, 0.5) is 5.95 Å². The summed E-state index contributed by atoms with van der Waals surface area (Å²) in [5.41, 5.74) is 4.18. The number of hydrogen-bond donors (Lipinski definition) is 2. The van der Waals surface area contributed by atoms with Crippen molar-refractivity contribution in [2.24, 2.45) is 0 Å². The summed E-state index contributed by atoms with van der Waals surface area (Å²) in [7, 11) is -0.239. The van der Waals surface area contributed by atoms with Crippen LogP contribution in [-0.2, 0) is 14.3 Å². The van der Waals surface area contributed by atoms with Gasteiger partial charge in [0, 0.05) is 53.6 Å². The largest absolute Gasteiger partial charge is 0.393 e. The minimum atomic E-state index is -1.92. The molecule has 1 aliphatic heterocycles. The van der Waals surface area contributed by atoms with Gasteiger partial charge in [0.15, 0.2) is 0 Å². The van der Waals surface area contributed by atoms with Gasteiger partial charge in [-0.05, 0) is 66.9 Å². The summed E-state index contributed by atoms with van der Waals surface area (Å²) in [4.78, 5) is 4.59. The van der Waals surface area contributed by atoms with Crippen molar-refractivity contribution in [2.75, 3.05) is 30.5 Å². The van der Waals surface area contributed by atoms with E-state index >= 15 is 0 Å². The second-order valence-corrected chi connectivity index (χ2v) is 12.9. The van der Waals surface area contributed by atoms with Gasteiger partial charge >= 0.3 is 0 Å². The first kappa shape index (κ1) is 24.3. The molecule has 0 amide bonds. The molecule has 1 saturated carbocycles. The lowest BCUT2D eigenvalue weighted by molar-refractivity contribution is 0.121. The van der Waals surface area contributed by atoms with E-state index in [1.54, 1.807) is 7.11 Å². The minimum absolute atomic E-state index is 0.0856. The maximum atomic E-state index is 12.3. The van der Waals surface area contributed by atoms with Gasteiger partial charge in [-0.1, -0.05) is 0 Å². The Kier molecular flexibility index (Phi) is 6.87. The second-order valence-electron chi connectivity index (χ2n) is 10.2. The fraction of sp³-hybridized carbons (Fsp3) is 0.600. The van der Waals surface area contributed by atoms with Crippen molar-refractivity contribution in [2.45, 2.75) is 69.6 Å². The number of aromatic nitrogens is 5. The number of aliphatic hydroxyl groups is 1. The summed E-state index contributed by atoms with van der Waals surface area (Å²) in [5.74, 6) is 6.10. The fourth-order valence-corrected chi connectivity index (χ4v) is 6.98. The first-order valence-corrected chi connectivity index (χ1v) is 14.6. The molecule has 0 aromatic carbocycles. The van der Waals surface area contributed by atoms with Crippen LogP contribution in [0.1, 0.15) is 63.1 Å². The Bertz CT molecular complexity index is 1260. The van der Waals surface area contributed by atoms with Gasteiger partial charge in [0.1, 0.15) is 0 Å². The van der Waals surface area contributed by atoms with Gasteiger partial charge in [-0.3, -0.25) is 8.89 Å². The van der Waals surface area contributed by atoms with Crippen molar-refractivity contribution in [3.05, 3.63) is 30.4 Å². The molecular weight excluding hydrogens is 464 g/mol. The first-order valence-electron chi connectivity index (χ1n) is 12.5. The SMILES string of the molecule is C=S1(=O)CCC(n2cc(-c3cc(C4CCC(O)CC4)n4nc(N[C@@H](C)COC)ncc34)cn2)CC1. The Morgan fingerprint density at radius 2 is 1.97 bits per heavy atom. The summed E-state index contributed by atoms with van der Waals surface area (Å²) < 4.78 is 21.6. The third-order valence-corrected chi connectivity index (χ3v) is 9.34. The van der Waals surface area contributed by atoms with Crippen molar-refractivity contribution in [1.29, 1.82) is 0 Å². The summed E-state index contributed by atoms with van der Waals surface area (Å²) in [5, 5.41) is 22.9. The monoisotopic (exact) mass is 500 g/mol. The molecule has 10 heteroatoms. The Morgan fingerprint density at radius 3 is 2.69 bits per heavy atom. The zero-order valence-corrected chi connectivity index (χ0v) is 21.4. The number of anilines is 1. The van der Waals surface area contributed by atoms with Crippen molar-refractivity contribution >= 4 is 26.9 Å². The number of nitrogens with one attached hydrogen (secondary N) is 1. The van der Waals surface area contributed by atoms with E-state index in [0.29, 0.717) is 30.0 Å². The van der Waals surface area contributed by atoms with E-state index in [1.807, 2.05) is 28.5 Å². The van der Waals surface area contributed by atoms with Crippen LogP contribution in [-0.4, -0.2) is 76.9 Å². The van der Waals surface area contributed by atoms with Crippen LogP contribution in [0, 0.1) is 0 Å². The summed E-state index contributed by atoms with van der Waals surface area (Å²) in [6.45, 7) is 2.60. The van der Waals surface area contributed by atoms with Crippen molar-refractivity contribution in [1.82, 2.24) is 24.4 Å². The number of aliphatic hydroxyl groups excluding tert-OH is 1. The molecule has 0 unspecified atom stereocenters. The molecule has 5 rings (SSSR count). The lowest BCUT2D eigenvalue weighted by atomic mass is 9.85. The normalized spacial score (nSPS) is 28.3. The molecule has 4 heterocycles. The highest BCUT2D eigenvalue weighted by Crippen LogP contribution is 2.38. The quantitative estimate of drug-likeness (QED) is 0.480. The van der Waals surface area contributed by atoms with E-state index in [2.05, 4.69) is 33.5 Å². The molecule has 35 heavy (non-hydrogen) atoms. The molecule has 1 atom stereocenters. The number of fused-ring (bicyclic) bond motifs is 1. The molecular formula is C25H36N6O3S. The Hall–Kier alpha value is -2.43. The number of hydrogen-bond acceptors (Lipinski definition) is 7. The average Bonchev–Trinajstić information content (AvgIpc) is 3.45. The predicted octanol–water partition coefficient (Wildman–Crippen LogP) is 3.11.